The van der Waals surface area contributed by atoms with Crippen molar-refractivity contribution < 1.29 is 35.5 Å². The van der Waals surface area contributed by atoms with Gasteiger partial charge in [0.2, 0.25) is 0 Å². The van der Waals surface area contributed by atoms with Crippen molar-refractivity contribution in [1.29, 1.82) is 0 Å². The van der Waals surface area contributed by atoms with Crippen LogP contribution in [0.1, 0.15) is 31.8 Å². The van der Waals surface area contributed by atoms with Gasteiger partial charge in [-0.1, -0.05) is 18.2 Å². The predicted octanol–water partition coefficient (Wildman–Crippen LogP) is 3.68. The summed E-state index contributed by atoms with van der Waals surface area (Å²) >= 11 is 0. The summed E-state index contributed by atoms with van der Waals surface area (Å²) in [6, 6.07) is 20.3. The van der Waals surface area contributed by atoms with E-state index >= 15 is 0 Å². The Kier molecular flexibility index (Phi) is 9.85. The standard InChI is InChI=1S/C26H18N2O8S2.2Na/c29-25-19-11-10-18(38(34,35)36)14-20(19)26(30)24-22(27-15-4-2-1-3-5-15)13-12-21(23(24)25)28-16-6-8-17(9-7-16)37(31,32)33;;/h1-14,27-28H,(H,31,32,33)(H,34,35,36);;. The molecule has 0 aromatic heterocycles. The minimum Gasteiger partial charge on any atom is -0.355 e. The molecule has 4 N–H and O–H groups in total. The smallest absolute Gasteiger partial charge is 0.294 e. The second kappa shape index (κ2) is 12.2. The van der Waals surface area contributed by atoms with E-state index in [2.05, 4.69) is 10.6 Å². The Hall–Kier alpha value is -2.36. The van der Waals surface area contributed by atoms with Crippen LogP contribution in [0, 0.1) is 0 Å². The van der Waals surface area contributed by atoms with Crippen molar-refractivity contribution in [3.63, 3.8) is 0 Å². The molecule has 4 aromatic rings. The van der Waals surface area contributed by atoms with E-state index in [-0.39, 0.29) is 92.0 Å². The first-order valence-corrected chi connectivity index (χ1v) is 13.9. The number of hydrogen-bond donors (Lipinski definition) is 4. The second-order valence-corrected chi connectivity index (χ2v) is 11.2. The van der Waals surface area contributed by atoms with Gasteiger partial charge in [-0.05, 0) is 66.7 Å². The van der Waals surface area contributed by atoms with Gasteiger partial charge in [0, 0.05) is 81.6 Å². The average molecular weight is 597 g/mol. The summed E-state index contributed by atoms with van der Waals surface area (Å²) in [6.45, 7) is 0. The Bertz CT molecular complexity index is 1850. The van der Waals surface area contributed by atoms with Crippen molar-refractivity contribution in [3.05, 3.63) is 107 Å². The first kappa shape index (κ1) is 32.2. The molecule has 0 aliphatic heterocycles. The maximum atomic E-state index is 13.7. The molecule has 0 amide bonds. The van der Waals surface area contributed by atoms with Gasteiger partial charge in [0.15, 0.2) is 11.6 Å². The van der Waals surface area contributed by atoms with E-state index in [1.165, 1.54) is 30.3 Å². The largest absolute Gasteiger partial charge is 0.355 e. The fourth-order valence-corrected chi connectivity index (χ4v) is 5.15. The second-order valence-electron chi connectivity index (χ2n) is 8.37. The number of carbonyl (C=O) groups excluding carboxylic acids is 2. The summed E-state index contributed by atoms with van der Waals surface area (Å²) in [5, 5.41) is 6.12. The zero-order valence-corrected chi connectivity index (χ0v) is 26.9. The monoisotopic (exact) mass is 596 g/mol. The summed E-state index contributed by atoms with van der Waals surface area (Å²) in [6.07, 6.45) is 0. The van der Waals surface area contributed by atoms with Gasteiger partial charge >= 0.3 is 0 Å². The van der Waals surface area contributed by atoms with Crippen LogP contribution in [-0.2, 0) is 20.2 Å². The van der Waals surface area contributed by atoms with E-state index in [4.69, 9.17) is 0 Å². The molecule has 0 saturated carbocycles. The van der Waals surface area contributed by atoms with E-state index in [1.54, 1.807) is 36.4 Å². The molecular formula is C26H18N2Na2O8S2. The number of para-hydroxylation sites is 1. The summed E-state index contributed by atoms with van der Waals surface area (Å²) in [5.74, 6) is -1.20. The Morgan fingerprint density at radius 3 is 1.48 bits per heavy atom. The number of carbonyl (C=O) groups is 2. The molecule has 0 bridgehead atoms. The number of fused-ring (bicyclic) bond motifs is 2. The van der Waals surface area contributed by atoms with Crippen LogP contribution in [0.2, 0.25) is 0 Å². The van der Waals surface area contributed by atoms with E-state index in [0.29, 0.717) is 17.1 Å². The van der Waals surface area contributed by atoms with Crippen LogP contribution in [0.25, 0.3) is 0 Å². The molecule has 0 fully saturated rings. The van der Waals surface area contributed by atoms with E-state index in [9.17, 15) is 35.5 Å². The number of anilines is 4. The number of nitrogens with one attached hydrogen (secondary N) is 2. The molecule has 14 heteroatoms. The van der Waals surface area contributed by atoms with Crippen LogP contribution in [0.4, 0.5) is 22.7 Å². The molecule has 10 nitrogen and oxygen atoms in total. The number of hydrogen-bond acceptors (Lipinski definition) is 8. The zero-order chi connectivity index (χ0) is 27.2. The van der Waals surface area contributed by atoms with Crippen LogP contribution in [0.5, 0.6) is 0 Å². The molecule has 40 heavy (non-hydrogen) atoms. The molecule has 0 spiro atoms. The quantitative estimate of drug-likeness (QED) is 0.168. The van der Waals surface area contributed by atoms with Crippen molar-refractivity contribution in [2.45, 2.75) is 9.79 Å². The number of benzene rings is 4. The van der Waals surface area contributed by atoms with Gasteiger partial charge in [0.05, 0.1) is 32.3 Å². The first-order chi connectivity index (χ1) is 17.9. The van der Waals surface area contributed by atoms with Crippen molar-refractivity contribution in [2.24, 2.45) is 0 Å². The van der Waals surface area contributed by atoms with Gasteiger partial charge in [0.1, 0.15) is 0 Å². The minimum absolute atomic E-state index is 0. The summed E-state index contributed by atoms with van der Waals surface area (Å²) < 4.78 is 64.8. The molecule has 194 valence electrons. The Morgan fingerprint density at radius 2 is 0.975 bits per heavy atom. The van der Waals surface area contributed by atoms with Gasteiger partial charge in [0.25, 0.3) is 20.2 Å². The molecule has 0 heterocycles. The van der Waals surface area contributed by atoms with Crippen LogP contribution in [0.3, 0.4) is 0 Å². The van der Waals surface area contributed by atoms with Crippen LogP contribution < -0.4 is 10.6 Å². The van der Waals surface area contributed by atoms with Gasteiger partial charge in [-0.2, -0.15) is 16.8 Å². The fraction of sp³-hybridized carbons (Fsp3) is 0. The van der Waals surface area contributed by atoms with Crippen LogP contribution in [-0.4, -0.2) is 96.6 Å². The van der Waals surface area contributed by atoms with Crippen molar-refractivity contribution in [3.8, 4) is 0 Å². The van der Waals surface area contributed by atoms with Crippen LogP contribution in [0.15, 0.2) is 94.7 Å². The number of rotatable bonds is 6. The molecule has 1 aliphatic carbocycles. The minimum atomic E-state index is -4.63. The van der Waals surface area contributed by atoms with Gasteiger partial charge in [-0.3, -0.25) is 18.7 Å². The van der Waals surface area contributed by atoms with Crippen molar-refractivity contribution in [1.82, 2.24) is 0 Å². The molecule has 0 saturated heterocycles. The molecule has 1 aliphatic rings. The average Bonchev–Trinajstić information content (AvgIpc) is 2.87. The summed E-state index contributed by atoms with van der Waals surface area (Å²) in [7, 11) is -9.03. The number of ketones is 2. The van der Waals surface area contributed by atoms with Gasteiger partial charge in [-0.25, -0.2) is 0 Å². The summed E-state index contributed by atoms with van der Waals surface area (Å²) in [4.78, 5) is 26.5. The van der Waals surface area contributed by atoms with E-state index in [1.807, 2.05) is 6.07 Å². The topological polar surface area (TPSA) is 167 Å². The predicted molar refractivity (Wildman–Crippen MR) is 150 cm³/mol. The van der Waals surface area contributed by atoms with Gasteiger partial charge in [-0.15, -0.1) is 0 Å². The van der Waals surface area contributed by atoms with Crippen LogP contribution >= 0.6 is 0 Å². The van der Waals surface area contributed by atoms with Crippen molar-refractivity contribution in [2.75, 3.05) is 10.6 Å². The Morgan fingerprint density at radius 1 is 0.525 bits per heavy atom. The Labute approximate surface area is 274 Å². The first-order valence-electron chi connectivity index (χ1n) is 11.0. The summed E-state index contributed by atoms with van der Waals surface area (Å²) in [5.41, 5.74) is 1.31. The molecule has 0 unspecified atom stereocenters. The van der Waals surface area contributed by atoms with E-state index in [0.717, 1.165) is 12.1 Å². The fourth-order valence-electron chi connectivity index (χ4n) is 4.16. The normalized spacial score (nSPS) is 12.3. The molecule has 2 radical (unpaired) electrons. The third-order valence-electron chi connectivity index (χ3n) is 5.92. The third-order valence-corrected chi connectivity index (χ3v) is 7.64. The zero-order valence-electron chi connectivity index (χ0n) is 21.2. The Balaban J connectivity index is 0.00000220. The van der Waals surface area contributed by atoms with Crippen molar-refractivity contribution >= 4 is 114 Å². The molecule has 5 rings (SSSR count). The molecule has 4 aromatic carbocycles. The third kappa shape index (κ3) is 6.42. The maximum Gasteiger partial charge on any atom is 0.294 e. The maximum absolute atomic E-state index is 13.7. The molecular weight excluding hydrogens is 578 g/mol. The van der Waals surface area contributed by atoms with E-state index < -0.39 is 36.7 Å². The SMILES string of the molecule is O=C1c2ccc(S(=O)(=O)O)cc2C(=O)c2c(Nc3ccccc3)ccc(Nc3ccc(S(=O)(=O)O)cc3)c21.[Na].[Na]. The molecule has 0 atom stereocenters. The van der Waals surface area contributed by atoms with Gasteiger partial charge < -0.3 is 10.6 Å².